The van der Waals surface area contributed by atoms with Gasteiger partial charge in [-0.2, -0.15) is 8.78 Å². The summed E-state index contributed by atoms with van der Waals surface area (Å²) in [6.07, 6.45) is 1.73. The number of unbranched alkanes of at least 4 members (excludes halogenated alkanes) is 1. The van der Waals surface area contributed by atoms with Crippen molar-refractivity contribution in [1.82, 2.24) is 0 Å². The molecule has 0 unspecified atom stereocenters. The summed E-state index contributed by atoms with van der Waals surface area (Å²) in [7, 11) is 0. The van der Waals surface area contributed by atoms with Crippen LogP contribution in [0, 0.1) is 11.6 Å². The molecule has 0 aliphatic rings. The average Bonchev–Trinajstić information content (AvgIpc) is 2.33. The van der Waals surface area contributed by atoms with Gasteiger partial charge in [-0.05, 0) is 31.1 Å². The van der Waals surface area contributed by atoms with Crippen LogP contribution in [0.4, 0.5) is 8.78 Å². The van der Waals surface area contributed by atoms with E-state index in [4.69, 9.17) is 9.47 Å². The monoisotopic (exact) mass is 256 g/mol. The average molecular weight is 256 g/mol. The summed E-state index contributed by atoms with van der Waals surface area (Å²) in [5.74, 6) is -2.24. The van der Waals surface area contributed by atoms with Gasteiger partial charge >= 0.3 is 0 Å². The molecule has 0 saturated carbocycles. The van der Waals surface area contributed by atoms with Crippen LogP contribution in [0.1, 0.15) is 26.7 Å². The lowest BCUT2D eigenvalue weighted by molar-refractivity contribution is 0.279. The van der Waals surface area contributed by atoms with Gasteiger partial charge in [0.2, 0.25) is 11.6 Å². The minimum Gasteiger partial charge on any atom is -0.490 e. The van der Waals surface area contributed by atoms with Crippen LogP contribution in [0.5, 0.6) is 11.5 Å². The highest BCUT2D eigenvalue weighted by atomic mass is 19.2. The van der Waals surface area contributed by atoms with E-state index in [1.165, 1.54) is 12.1 Å². The zero-order valence-corrected chi connectivity index (χ0v) is 10.8. The number of ether oxygens (including phenoxy) is 2. The van der Waals surface area contributed by atoms with E-state index in [-0.39, 0.29) is 18.1 Å². The zero-order chi connectivity index (χ0) is 13.5. The maximum absolute atomic E-state index is 13.6. The van der Waals surface area contributed by atoms with Crippen molar-refractivity contribution < 1.29 is 18.3 Å². The molecule has 0 spiro atoms. The fourth-order valence-corrected chi connectivity index (χ4v) is 1.26. The van der Waals surface area contributed by atoms with Crippen molar-refractivity contribution in [3.63, 3.8) is 0 Å². The Morgan fingerprint density at radius 1 is 1.17 bits per heavy atom. The number of benzene rings is 1. The van der Waals surface area contributed by atoms with Gasteiger partial charge in [0, 0.05) is 0 Å². The molecule has 0 aliphatic heterocycles. The second-order valence-electron chi connectivity index (χ2n) is 4.14. The van der Waals surface area contributed by atoms with Crippen LogP contribution in [0.25, 0.3) is 0 Å². The van der Waals surface area contributed by atoms with Gasteiger partial charge in [-0.3, -0.25) is 0 Å². The lowest BCUT2D eigenvalue weighted by Gasteiger charge is -2.11. The Morgan fingerprint density at radius 3 is 2.22 bits per heavy atom. The fraction of sp³-hybridized carbons (Fsp3) is 0.429. The van der Waals surface area contributed by atoms with E-state index in [0.29, 0.717) is 6.61 Å². The number of hydrogen-bond donors (Lipinski definition) is 0. The molecule has 0 radical (unpaired) electrons. The van der Waals surface area contributed by atoms with Gasteiger partial charge in [0.15, 0.2) is 11.5 Å². The first-order valence-corrected chi connectivity index (χ1v) is 5.94. The summed E-state index contributed by atoms with van der Waals surface area (Å²) in [6.45, 7) is 7.90. The molecular formula is C14H18F2O2. The van der Waals surface area contributed by atoms with E-state index in [0.717, 1.165) is 18.4 Å². The summed E-state index contributed by atoms with van der Waals surface area (Å²) in [5.41, 5.74) is 0.734. The lowest BCUT2D eigenvalue weighted by atomic mass is 10.3. The Morgan fingerprint density at radius 2 is 1.72 bits per heavy atom. The highest BCUT2D eigenvalue weighted by molar-refractivity contribution is 5.35. The van der Waals surface area contributed by atoms with Gasteiger partial charge in [-0.1, -0.05) is 19.9 Å². The van der Waals surface area contributed by atoms with Gasteiger partial charge in [-0.25, -0.2) is 0 Å². The molecule has 18 heavy (non-hydrogen) atoms. The van der Waals surface area contributed by atoms with Crippen LogP contribution in [0.3, 0.4) is 0 Å². The summed E-state index contributed by atoms with van der Waals surface area (Å²) < 4.78 is 37.5. The van der Waals surface area contributed by atoms with Crippen molar-refractivity contribution in [3.05, 3.63) is 35.9 Å². The fourth-order valence-electron chi connectivity index (χ4n) is 1.26. The van der Waals surface area contributed by atoms with E-state index >= 15 is 0 Å². The second-order valence-corrected chi connectivity index (χ2v) is 4.14. The Labute approximate surface area is 106 Å². The molecule has 0 bridgehead atoms. The zero-order valence-electron chi connectivity index (χ0n) is 10.8. The van der Waals surface area contributed by atoms with Gasteiger partial charge in [0.1, 0.15) is 6.61 Å². The van der Waals surface area contributed by atoms with Crippen molar-refractivity contribution in [2.45, 2.75) is 26.7 Å². The summed E-state index contributed by atoms with van der Waals surface area (Å²) in [6, 6.07) is 2.74. The van der Waals surface area contributed by atoms with Crippen molar-refractivity contribution in [2.75, 3.05) is 13.2 Å². The minimum absolute atomic E-state index is 0.0800. The molecule has 0 fully saturated rings. The van der Waals surface area contributed by atoms with Gasteiger partial charge < -0.3 is 9.47 Å². The standard InChI is InChI=1S/C14H18F2O2/c1-4-5-8-17-11-6-7-12(14(16)13(11)15)18-9-10(2)3/h6-7H,2,4-5,8-9H2,1,3H3. The maximum atomic E-state index is 13.6. The third-order valence-corrected chi connectivity index (χ3v) is 2.24. The highest BCUT2D eigenvalue weighted by Gasteiger charge is 2.15. The Hall–Kier alpha value is -1.58. The van der Waals surface area contributed by atoms with E-state index in [2.05, 4.69) is 6.58 Å². The van der Waals surface area contributed by atoms with Crippen LogP contribution in [0.15, 0.2) is 24.3 Å². The number of halogens is 2. The smallest absolute Gasteiger partial charge is 0.204 e. The minimum atomic E-state index is -1.02. The van der Waals surface area contributed by atoms with E-state index in [9.17, 15) is 8.78 Å². The molecule has 0 saturated heterocycles. The van der Waals surface area contributed by atoms with Gasteiger partial charge in [0.05, 0.1) is 6.61 Å². The molecule has 4 heteroatoms. The predicted octanol–water partition coefficient (Wildman–Crippen LogP) is 4.10. The quantitative estimate of drug-likeness (QED) is 0.540. The first-order chi connectivity index (χ1) is 8.56. The summed E-state index contributed by atoms with van der Waals surface area (Å²) in [4.78, 5) is 0. The Bertz CT molecular complexity index is 417. The predicted molar refractivity (Wildman–Crippen MR) is 67.1 cm³/mol. The van der Waals surface area contributed by atoms with E-state index in [1.54, 1.807) is 6.92 Å². The molecule has 1 aromatic rings. The second kappa shape index (κ2) is 6.99. The van der Waals surface area contributed by atoms with E-state index in [1.807, 2.05) is 6.92 Å². The Balaban J connectivity index is 2.74. The summed E-state index contributed by atoms with van der Waals surface area (Å²) in [5, 5.41) is 0. The van der Waals surface area contributed by atoms with Crippen molar-refractivity contribution in [2.24, 2.45) is 0 Å². The van der Waals surface area contributed by atoms with Crippen molar-refractivity contribution in [3.8, 4) is 11.5 Å². The molecule has 0 aromatic heterocycles. The molecule has 0 amide bonds. The molecular weight excluding hydrogens is 238 g/mol. The molecule has 0 N–H and O–H groups in total. The molecule has 2 nitrogen and oxygen atoms in total. The van der Waals surface area contributed by atoms with Gasteiger partial charge in [0.25, 0.3) is 0 Å². The molecule has 1 rings (SSSR count). The van der Waals surface area contributed by atoms with E-state index < -0.39 is 11.6 Å². The number of rotatable bonds is 7. The van der Waals surface area contributed by atoms with Gasteiger partial charge in [-0.15, -0.1) is 0 Å². The molecule has 100 valence electrons. The SMILES string of the molecule is C=C(C)COc1ccc(OCCCC)c(F)c1F. The highest BCUT2D eigenvalue weighted by Crippen LogP contribution is 2.27. The maximum Gasteiger partial charge on any atom is 0.204 e. The largest absolute Gasteiger partial charge is 0.490 e. The first kappa shape index (κ1) is 14.5. The van der Waals surface area contributed by atoms with Crippen LogP contribution in [0.2, 0.25) is 0 Å². The molecule has 0 atom stereocenters. The van der Waals surface area contributed by atoms with Crippen LogP contribution in [-0.2, 0) is 0 Å². The molecule has 0 aliphatic carbocycles. The first-order valence-electron chi connectivity index (χ1n) is 5.94. The summed E-state index contributed by atoms with van der Waals surface area (Å²) >= 11 is 0. The Kier molecular flexibility index (Phi) is 5.62. The third-order valence-electron chi connectivity index (χ3n) is 2.24. The topological polar surface area (TPSA) is 18.5 Å². The van der Waals surface area contributed by atoms with Crippen LogP contribution >= 0.6 is 0 Å². The van der Waals surface area contributed by atoms with Crippen LogP contribution in [-0.4, -0.2) is 13.2 Å². The molecule has 0 heterocycles. The van der Waals surface area contributed by atoms with Crippen molar-refractivity contribution >= 4 is 0 Å². The van der Waals surface area contributed by atoms with Crippen molar-refractivity contribution in [1.29, 1.82) is 0 Å². The number of hydrogen-bond acceptors (Lipinski definition) is 2. The normalized spacial score (nSPS) is 10.2. The molecule has 1 aromatic carbocycles. The van der Waals surface area contributed by atoms with Crippen LogP contribution < -0.4 is 9.47 Å². The lowest BCUT2D eigenvalue weighted by Crippen LogP contribution is -2.04. The third kappa shape index (κ3) is 4.02.